The molecular formula is C26H29N5O2S. The van der Waals surface area contributed by atoms with Gasteiger partial charge in [0.15, 0.2) is 0 Å². The first kappa shape index (κ1) is 23.9. The van der Waals surface area contributed by atoms with Crippen LogP contribution in [0.3, 0.4) is 0 Å². The van der Waals surface area contributed by atoms with Gasteiger partial charge in [0.2, 0.25) is 5.95 Å². The molecule has 2 aliphatic rings. The molecule has 2 aromatic carbocycles. The summed E-state index contributed by atoms with van der Waals surface area (Å²) in [5.41, 5.74) is 1.98. The van der Waals surface area contributed by atoms with Gasteiger partial charge in [-0.2, -0.15) is 0 Å². The molecule has 0 spiro atoms. The van der Waals surface area contributed by atoms with Gasteiger partial charge < -0.3 is 10.6 Å². The van der Waals surface area contributed by atoms with Gasteiger partial charge in [-0.05, 0) is 60.1 Å². The molecule has 0 atom stereocenters. The largest absolute Gasteiger partial charge is 0.351 e. The monoisotopic (exact) mass is 475 g/mol. The predicted octanol–water partition coefficient (Wildman–Crippen LogP) is 5.10. The Balaban J connectivity index is 0.000000180. The number of imide groups is 1. The summed E-state index contributed by atoms with van der Waals surface area (Å²) in [4.78, 5) is 31.6. The summed E-state index contributed by atoms with van der Waals surface area (Å²) >= 11 is 0.891. The van der Waals surface area contributed by atoms with Gasteiger partial charge in [0, 0.05) is 18.8 Å². The summed E-state index contributed by atoms with van der Waals surface area (Å²) in [6.07, 6.45) is 9.32. The number of benzene rings is 2. The second kappa shape index (κ2) is 11.8. The Morgan fingerprint density at radius 1 is 1.06 bits per heavy atom. The lowest BCUT2D eigenvalue weighted by atomic mass is 9.96. The molecule has 8 heteroatoms. The number of amides is 2. The summed E-state index contributed by atoms with van der Waals surface area (Å²) in [5, 5.41) is 11.1. The van der Waals surface area contributed by atoms with E-state index in [2.05, 4.69) is 68.4 Å². The van der Waals surface area contributed by atoms with Crippen LogP contribution in [0.2, 0.25) is 0 Å². The number of carbonyl (C=O) groups excluding carboxylic acids is 2. The van der Waals surface area contributed by atoms with Gasteiger partial charge in [-0.3, -0.25) is 14.9 Å². The highest BCUT2D eigenvalue weighted by Crippen LogP contribution is 2.25. The molecule has 1 aliphatic heterocycles. The molecule has 3 aromatic rings. The zero-order chi connectivity index (χ0) is 23.8. The minimum atomic E-state index is -0.370. The second-order valence-corrected chi connectivity index (χ2v) is 9.32. The maximum absolute atomic E-state index is 11.5. The molecule has 1 aromatic heterocycles. The topological polar surface area (TPSA) is 96.0 Å². The van der Waals surface area contributed by atoms with Crippen LogP contribution in [0.25, 0.3) is 16.8 Å². The van der Waals surface area contributed by atoms with Gasteiger partial charge in [0.05, 0.1) is 10.6 Å². The summed E-state index contributed by atoms with van der Waals surface area (Å²) in [5.74, 6) is 0.205. The third kappa shape index (κ3) is 6.42. The second-order valence-electron chi connectivity index (χ2n) is 8.31. The molecule has 1 aliphatic carbocycles. The van der Waals surface area contributed by atoms with E-state index in [-0.39, 0.29) is 11.1 Å². The van der Waals surface area contributed by atoms with Crippen molar-refractivity contribution in [3.8, 4) is 0 Å². The van der Waals surface area contributed by atoms with E-state index >= 15 is 0 Å². The third-order valence-corrected chi connectivity index (χ3v) is 6.59. The number of nitrogens with zero attached hydrogens (tertiary/aromatic N) is 2. The maximum Gasteiger partial charge on any atom is 0.290 e. The van der Waals surface area contributed by atoms with Crippen LogP contribution in [0.1, 0.15) is 43.4 Å². The van der Waals surface area contributed by atoms with E-state index in [9.17, 15) is 9.59 Å². The Hall–Kier alpha value is -3.23. The van der Waals surface area contributed by atoms with E-state index < -0.39 is 0 Å². The molecule has 0 bridgehead atoms. The lowest BCUT2D eigenvalue weighted by Gasteiger charge is -2.22. The van der Waals surface area contributed by atoms with Crippen LogP contribution < -0.4 is 16.0 Å². The lowest BCUT2D eigenvalue weighted by molar-refractivity contribution is -0.115. The van der Waals surface area contributed by atoms with Crippen LogP contribution in [-0.2, 0) is 11.3 Å². The number of hydrogen-bond acceptors (Lipinski definition) is 7. The summed E-state index contributed by atoms with van der Waals surface area (Å²) in [7, 11) is 1.97. The summed E-state index contributed by atoms with van der Waals surface area (Å²) < 4.78 is 0. The predicted molar refractivity (Wildman–Crippen MR) is 138 cm³/mol. The van der Waals surface area contributed by atoms with E-state index in [1.807, 2.05) is 7.05 Å². The van der Waals surface area contributed by atoms with Crippen LogP contribution in [-0.4, -0.2) is 34.2 Å². The Bertz CT molecular complexity index is 1190. The molecule has 2 amide bonds. The van der Waals surface area contributed by atoms with Crippen molar-refractivity contribution in [3.63, 3.8) is 0 Å². The van der Waals surface area contributed by atoms with Crippen LogP contribution in [0.4, 0.5) is 10.7 Å². The highest BCUT2D eigenvalue weighted by molar-refractivity contribution is 8.18. The Morgan fingerprint density at radius 2 is 1.85 bits per heavy atom. The zero-order valence-electron chi connectivity index (χ0n) is 19.2. The van der Waals surface area contributed by atoms with Crippen molar-refractivity contribution in [3.05, 3.63) is 70.9 Å². The number of hydrogen-bond donors (Lipinski definition) is 3. The molecular weight excluding hydrogens is 446 g/mol. The Morgan fingerprint density at radius 3 is 2.62 bits per heavy atom. The van der Waals surface area contributed by atoms with Crippen molar-refractivity contribution in [1.29, 1.82) is 0 Å². The van der Waals surface area contributed by atoms with Gasteiger partial charge >= 0.3 is 0 Å². The summed E-state index contributed by atoms with van der Waals surface area (Å²) in [6.45, 7) is 0.932. The third-order valence-electron chi connectivity index (χ3n) is 5.78. The number of thioether (sulfide) groups is 1. The fraction of sp³-hybridized carbons (Fsp3) is 0.308. The van der Waals surface area contributed by atoms with Crippen LogP contribution in [0.5, 0.6) is 0 Å². The van der Waals surface area contributed by atoms with Gasteiger partial charge in [-0.15, -0.1) is 0 Å². The van der Waals surface area contributed by atoms with Gasteiger partial charge in [-0.25, -0.2) is 9.97 Å². The average Bonchev–Trinajstić information content (AvgIpc) is 3.17. The van der Waals surface area contributed by atoms with Crippen LogP contribution >= 0.6 is 11.8 Å². The summed E-state index contributed by atoms with van der Waals surface area (Å²) in [6, 6.07) is 17.0. The SMILES string of the molecule is CNCc1cccc2ccccc12.O=C1NC(=O)/C(=C/c2ccnc(NC3CCCCC3)n2)S1. The molecule has 1 saturated carbocycles. The first-order chi connectivity index (χ1) is 16.6. The van der Waals surface area contributed by atoms with Gasteiger partial charge in [0.1, 0.15) is 0 Å². The van der Waals surface area contributed by atoms with E-state index in [4.69, 9.17) is 0 Å². The molecule has 5 rings (SSSR count). The first-order valence-corrected chi connectivity index (χ1v) is 12.4. The minimum Gasteiger partial charge on any atom is -0.351 e. The van der Waals surface area contributed by atoms with Crippen molar-refractivity contribution in [2.24, 2.45) is 0 Å². The molecule has 1 saturated heterocycles. The fourth-order valence-corrected chi connectivity index (χ4v) is 4.81. The van der Waals surface area contributed by atoms with Crippen molar-refractivity contribution in [1.82, 2.24) is 20.6 Å². The van der Waals surface area contributed by atoms with Crippen molar-refractivity contribution >= 4 is 45.7 Å². The molecule has 2 heterocycles. The normalized spacial score (nSPS) is 17.4. The number of anilines is 1. The molecule has 0 unspecified atom stereocenters. The van der Waals surface area contributed by atoms with E-state index in [1.54, 1.807) is 18.3 Å². The lowest BCUT2D eigenvalue weighted by Crippen LogP contribution is -2.23. The average molecular weight is 476 g/mol. The van der Waals surface area contributed by atoms with E-state index in [0.717, 1.165) is 31.1 Å². The molecule has 0 radical (unpaired) electrons. The van der Waals surface area contributed by atoms with E-state index in [1.165, 1.54) is 35.6 Å². The molecule has 2 fully saturated rings. The molecule has 3 N–H and O–H groups in total. The number of fused-ring (bicyclic) bond motifs is 1. The van der Waals surface area contributed by atoms with Crippen LogP contribution in [0.15, 0.2) is 59.6 Å². The smallest absolute Gasteiger partial charge is 0.290 e. The Labute approximate surface area is 203 Å². The van der Waals surface area contributed by atoms with Gasteiger partial charge in [0.25, 0.3) is 11.1 Å². The molecule has 7 nitrogen and oxygen atoms in total. The number of rotatable bonds is 5. The number of nitrogens with one attached hydrogen (secondary N) is 3. The van der Waals surface area contributed by atoms with E-state index in [0.29, 0.717) is 22.6 Å². The Kier molecular flexibility index (Phi) is 8.27. The first-order valence-electron chi connectivity index (χ1n) is 11.6. The standard InChI is InChI=1S/C14H16N4O2S.C12H13N/c19-12-11(21-14(20)18-12)8-10-6-7-15-13(17-10)16-9-4-2-1-3-5-9;1-13-9-11-7-4-6-10-5-2-3-8-12(10)11/h6-9H,1-5H2,(H,15,16,17)(H,18,19,20);2-8,13H,9H2,1H3/b11-8-;. The zero-order valence-corrected chi connectivity index (χ0v) is 20.0. The minimum absolute atomic E-state index is 0.346. The van der Waals surface area contributed by atoms with Crippen LogP contribution in [0, 0.1) is 0 Å². The van der Waals surface area contributed by atoms with Crippen molar-refractivity contribution in [2.45, 2.75) is 44.7 Å². The number of carbonyl (C=O) groups is 2. The molecule has 34 heavy (non-hydrogen) atoms. The highest BCUT2D eigenvalue weighted by Gasteiger charge is 2.25. The van der Waals surface area contributed by atoms with Crippen molar-refractivity contribution < 1.29 is 9.59 Å². The number of aromatic nitrogens is 2. The quantitative estimate of drug-likeness (QED) is 0.442. The molecule has 176 valence electrons. The fourth-order valence-electron chi connectivity index (χ4n) is 4.14. The highest BCUT2D eigenvalue weighted by atomic mass is 32.2. The van der Waals surface area contributed by atoms with Crippen molar-refractivity contribution in [2.75, 3.05) is 12.4 Å². The van der Waals surface area contributed by atoms with Gasteiger partial charge in [-0.1, -0.05) is 61.7 Å². The maximum atomic E-state index is 11.5.